The number of aromatic nitrogens is 3. The van der Waals surface area contributed by atoms with Crippen LogP contribution in [0.2, 0.25) is 5.02 Å². The van der Waals surface area contributed by atoms with Crippen molar-refractivity contribution in [3.05, 3.63) is 46.7 Å². The van der Waals surface area contributed by atoms with E-state index in [-0.39, 0.29) is 6.29 Å². The maximum atomic E-state index is 9.50. The Morgan fingerprint density at radius 1 is 1.00 bits per heavy atom. The van der Waals surface area contributed by atoms with E-state index in [0.717, 1.165) is 119 Å². The molecule has 5 rings (SSSR count). The molecule has 1 atom stereocenters. The lowest BCUT2D eigenvalue weighted by molar-refractivity contribution is -0.177. The van der Waals surface area contributed by atoms with E-state index in [1.165, 1.54) is 0 Å². The number of anilines is 2. The topological polar surface area (TPSA) is 90.3 Å². The van der Waals surface area contributed by atoms with Crippen molar-refractivity contribution in [3.8, 4) is 6.07 Å². The van der Waals surface area contributed by atoms with Crippen LogP contribution in [-0.4, -0.2) is 60.9 Å². The van der Waals surface area contributed by atoms with Crippen molar-refractivity contribution < 1.29 is 9.47 Å². The van der Waals surface area contributed by atoms with Gasteiger partial charge < -0.3 is 24.3 Å². The summed E-state index contributed by atoms with van der Waals surface area (Å²) in [6, 6.07) is 10.5. The second kappa shape index (κ2) is 14.4. The number of nitrogens with zero attached hydrogens (tertiary/aromatic N) is 5. The van der Waals surface area contributed by atoms with Crippen LogP contribution in [0.4, 0.5) is 11.5 Å². The zero-order chi connectivity index (χ0) is 28.6. The molecular formula is C32H43ClN6O2. The zero-order valence-electron chi connectivity index (χ0n) is 24.4. The van der Waals surface area contributed by atoms with Gasteiger partial charge in [0.2, 0.25) is 0 Å². The predicted octanol–water partition coefficient (Wildman–Crippen LogP) is 7.04. The minimum atomic E-state index is -0.0997. The van der Waals surface area contributed by atoms with Gasteiger partial charge in [0.15, 0.2) is 12.1 Å². The first-order chi connectivity index (χ1) is 20.1. The summed E-state index contributed by atoms with van der Waals surface area (Å²) >= 11 is 6.45. The fourth-order valence-electron chi connectivity index (χ4n) is 6.11. The van der Waals surface area contributed by atoms with E-state index in [2.05, 4.69) is 58.0 Å². The maximum absolute atomic E-state index is 9.50. The Labute approximate surface area is 249 Å². The number of fused-ring (bicyclic) bond motifs is 1. The number of piperidine rings is 2. The van der Waals surface area contributed by atoms with Crippen LogP contribution in [0.25, 0.3) is 10.9 Å². The number of halogens is 1. The van der Waals surface area contributed by atoms with Gasteiger partial charge in [0.05, 0.1) is 27.5 Å². The molecule has 8 nitrogen and oxygen atoms in total. The van der Waals surface area contributed by atoms with Gasteiger partial charge in [-0.3, -0.25) is 0 Å². The van der Waals surface area contributed by atoms with Gasteiger partial charge in [-0.05, 0) is 62.8 Å². The van der Waals surface area contributed by atoms with Crippen molar-refractivity contribution in [1.82, 2.24) is 15.2 Å². The first-order valence-electron chi connectivity index (χ1n) is 15.4. The van der Waals surface area contributed by atoms with Crippen LogP contribution in [-0.2, 0) is 9.47 Å². The van der Waals surface area contributed by atoms with E-state index >= 15 is 0 Å². The molecule has 2 aliphatic rings. The third kappa shape index (κ3) is 6.97. The Bertz CT molecular complexity index is 1290. The van der Waals surface area contributed by atoms with Crippen LogP contribution in [0.15, 0.2) is 30.5 Å². The third-order valence-electron chi connectivity index (χ3n) is 8.54. The van der Waals surface area contributed by atoms with Gasteiger partial charge >= 0.3 is 0 Å². The van der Waals surface area contributed by atoms with Crippen molar-refractivity contribution >= 4 is 34.0 Å². The molecule has 0 radical (unpaired) electrons. The molecule has 9 heteroatoms. The molecule has 41 heavy (non-hydrogen) atoms. The molecule has 4 heterocycles. The number of hydrogen-bond donors (Lipinski definition) is 1. The number of nitrogens with one attached hydrogen (secondary N) is 1. The number of unbranched alkanes of at least 4 members (excludes halogenated alkanes) is 2. The molecule has 220 valence electrons. The molecule has 3 aromatic rings. The molecule has 2 saturated heterocycles. The summed E-state index contributed by atoms with van der Waals surface area (Å²) in [5.74, 6) is 1.67. The van der Waals surface area contributed by atoms with Gasteiger partial charge in [0.1, 0.15) is 6.07 Å². The van der Waals surface area contributed by atoms with Gasteiger partial charge in [0.25, 0.3) is 0 Å². The molecule has 0 spiro atoms. The molecule has 2 fully saturated rings. The molecule has 2 aliphatic heterocycles. The number of aromatic amines is 1. The highest BCUT2D eigenvalue weighted by atomic mass is 35.5. The Hall–Kier alpha value is -2.86. The molecular weight excluding hydrogens is 536 g/mol. The fraction of sp³-hybridized carbons (Fsp3) is 0.594. The largest absolute Gasteiger partial charge is 0.369 e. The van der Waals surface area contributed by atoms with Crippen LogP contribution in [0, 0.1) is 17.2 Å². The van der Waals surface area contributed by atoms with E-state index < -0.39 is 0 Å². The molecule has 2 aromatic heterocycles. The van der Waals surface area contributed by atoms with Crippen LogP contribution < -0.4 is 9.80 Å². The van der Waals surface area contributed by atoms with Crippen LogP contribution in [0.5, 0.6) is 0 Å². The minimum absolute atomic E-state index is 0.0997. The fourth-order valence-corrected chi connectivity index (χ4v) is 6.37. The van der Waals surface area contributed by atoms with Gasteiger partial charge in [-0.25, -0.2) is 0 Å². The van der Waals surface area contributed by atoms with Gasteiger partial charge in [-0.15, -0.1) is 5.10 Å². The summed E-state index contributed by atoms with van der Waals surface area (Å²) in [5.41, 5.74) is 3.62. The Kier molecular flexibility index (Phi) is 10.4. The normalized spacial score (nSPS) is 18.4. The molecule has 1 N–H and O–H groups in total. The predicted molar refractivity (Wildman–Crippen MR) is 165 cm³/mol. The summed E-state index contributed by atoms with van der Waals surface area (Å²) < 4.78 is 12.3. The zero-order valence-corrected chi connectivity index (χ0v) is 25.2. The van der Waals surface area contributed by atoms with Crippen molar-refractivity contribution in [3.63, 3.8) is 0 Å². The second-order valence-corrected chi connectivity index (χ2v) is 11.8. The quantitative estimate of drug-likeness (QED) is 0.182. The average Bonchev–Trinajstić information content (AvgIpc) is 3.46. The van der Waals surface area contributed by atoms with Crippen molar-refractivity contribution in [1.29, 1.82) is 5.26 Å². The minimum Gasteiger partial charge on any atom is -0.369 e. The number of benzene rings is 1. The molecule has 0 amide bonds. The Morgan fingerprint density at radius 3 is 2.41 bits per heavy atom. The van der Waals surface area contributed by atoms with E-state index in [9.17, 15) is 5.26 Å². The summed E-state index contributed by atoms with van der Waals surface area (Å²) in [6.07, 6.45) is 10.3. The third-order valence-corrected chi connectivity index (χ3v) is 8.86. The van der Waals surface area contributed by atoms with Gasteiger partial charge in [0, 0.05) is 62.8 Å². The summed E-state index contributed by atoms with van der Waals surface area (Å²) in [7, 11) is 0. The summed E-state index contributed by atoms with van der Waals surface area (Å²) in [5, 5.41) is 20.3. The smallest absolute Gasteiger partial charge is 0.160 e. The standard InChI is InChI=1S/C32H43ClN6O2/c1-3-5-18-40-32(41-19-6-4-2)23-13-16-38(17-14-23)29-12-10-27(36-37-29)24-8-7-15-39(22-24)28-11-9-26(33)30-25(20-34)21-35-31(28)30/h9-12,21,23-24,32,35H,3-8,13-19,22H2,1-2H3/t24-/m0/s1. The molecule has 0 aliphatic carbocycles. The average molecular weight is 579 g/mol. The van der Waals surface area contributed by atoms with E-state index in [1.807, 2.05) is 6.07 Å². The van der Waals surface area contributed by atoms with Gasteiger partial charge in [-0.2, -0.15) is 10.4 Å². The SMILES string of the molecule is CCCCOC(OCCCC)C1CCN(c2ccc([C@H]3CCCN(c4ccc(Cl)c5c(C#N)c[nH]c45)C3)nn2)CC1. The lowest BCUT2D eigenvalue weighted by Gasteiger charge is -2.36. The van der Waals surface area contributed by atoms with Crippen LogP contribution in [0.3, 0.4) is 0 Å². The highest BCUT2D eigenvalue weighted by molar-refractivity contribution is 6.36. The molecule has 1 aromatic carbocycles. The summed E-state index contributed by atoms with van der Waals surface area (Å²) in [4.78, 5) is 8.01. The Morgan fingerprint density at radius 2 is 1.76 bits per heavy atom. The van der Waals surface area contributed by atoms with E-state index in [1.54, 1.807) is 6.20 Å². The van der Waals surface area contributed by atoms with Crippen LogP contribution >= 0.6 is 11.6 Å². The van der Waals surface area contributed by atoms with Crippen LogP contribution in [0.1, 0.15) is 82.4 Å². The van der Waals surface area contributed by atoms with Crippen molar-refractivity contribution in [2.24, 2.45) is 5.92 Å². The first kappa shape index (κ1) is 29.6. The molecule has 0 saturated carbocycles. The van der Waals surface area contributed by atoms with E-state index in [0.29, 0.717) is 22.4 Å². The van der Waals surface area contributed by atoms with Crippen molar-refractivity contribution in [2.45, 2.75) is 77.4 Å². The highest BCUT2D eigenvalue weighted by Gasteiger charge is 2.29. The summed E-state index contributed by atoms with van der Waals surface area (Å²) in [6.45, 7) is 9.62. The monoisotopic (exact) mass is 578 g/mol. The second-order valence-electron chi connectivity index (χ2n) is 11.4. The first-order valence-corrected chi connectivity index (χ1v) is 15.8. The number of H-pyrrole nitrogens is 1. The number of nitriles is 1. The number of hydrogen-bond acceptors (Lipinski definition) is 7. The molecule has 0 bridgehead atoms. The number of ether oxygens (including phenoxy) is 2. The van der Waals surface area contributed by atoms with Crippen molar-refractivity contribution in [2.75, 3.05) is 49.2 Å². The lowest BCUT2D eigenvalue weighted by Crippen LogP contribution is -2.40. The lowest BCUT2D eigenvalue weighted by atomic mass is 9.93. The highest BCUT2D eigenvalue weighted by Crippen LogP contribution is 2.37. The van der Waals surface area contributed by atoms with E-state index in [4.69, 9.17) is 26.2 Å². The van der Waals surface area contributed by atoms with Gasteiger partial charge in [-0.1, -0.05) is 38.3 Å². The number of rotatable bonds is 12. The Balaban J connectivity index is 1.20. The maximum Gasteiger partial charge on any atom is 0.160 e. The molecule has 0 unspecified atom stereocenters.